The van der Waals surface area contributed by atoms with Gasteiger partial charge in [0.05, 0.1) is 12.2 Å². The third-order valence-electron chi connectivity index (χ3n) is 2.93. The molecule has 1 atom stereocenters. The number of ether oxygens (including phenoxy) is 1. The van der Waals surface area contributed by atoms with Crippen molar-refractivity contribution in [1.29, 1.82) is 0 Å². The van der Waals surface area contributed by atoms with Crippen molar-refractivity contribution in [2.24, 2.45) is 0 Å². The molecule has 2 fully saturated rings. The summed E-state index contributed by atoms with van der Waals surface area (Å²) < 4.78 is 5.23. The largest absolute Gasteiger partial charge is 0.389 e. The van der Waals surface area contributed by atoms with Gasteiger partial charge in [-0.15, -0.1) is 0 Å². The molecule has 0 aromatic heterocycles. The highest BCUT2D eigenvalue weighted by atomic mass is 16.5. The third-order valence-corrected chi connectivity index (χ3v) is 2.93. The second-order valence-electron chi connectivity index (χ2n) is 4.02. The highest BCUT2D eigenvalue weighted by molar-refractivity contribution is 4.90. The molecule has 0 aromatic carbocycles. The first-order chi connectivity index (χ1) is 5.79. The average molecular weight is 171 g/mol. The zero-order valence-corrected chi connectivity index (χ0v) is 7.38. The Balaban J connectivity index is 1.67. The van der Waals surface area contributed by atoms with E-state index in [9.17, 15) is 5.11 Å². The molecule has 1 aliphatic carbocycles. The Morgan fingerprint density at radius 2 is 2.33 bits per heavy atom. The lowest BCUT2D eigenvalue weighted by Gasteiger charge is -2.37. The predicted molar refractivity (Wildman–Crippen MR) is 46.0 cm³/mol. The van der Waals surface area contributed by atoms with Crippen LogP contribution in [0.1, 0.15) is 25.7 Å². The van der Waals surface area contributed by atoms with E-state index in [1.807, 2.05) is 0 Å². The SMILES string of the molecule is OC1(CNC2CCOC2)CCC1. The molecule has 2 aliphatic rings. The van der Waals surface area contributed by atoms with Gasteiger partial charge in [-0.1, -0.05) is 0 Å². The van der Waals surface area contributed by atoms with Crippen LogP contribution in [0.2, 0.25) is 0 Å². The second-order valence-corrected chi connectivity index (χ2v) is 4.02. The number of hydrogen-bond donors (Lipinski definition) is 2. The fraction of sp³-hybridized carbons (Fsp3) is 1.00. The van der Waals surface area contributed by atoms with Crippen molar-refractivity contribution in [3.8, 4) is 0 Å². The Bertz CT molecular complexity index is 151. The fourth-order valence-corrected chi connectivity index (χ4v) is 1.79. The van der Waals surface area contributed by atoms with Gasteiger partial charge in [-0.2, -0.15) is 0 Å². The van der Waals surface area contributed by atoms with E-state index in [0.717, 1.165) is 39.0 Å². The summed E-state index contributed by atoms with van der Waals surface area (Å²) in [5.74, 6) is 0. The number of rotatable bonds is 3. The summed E-state index contributed by atoms with van der Waals surface area (Å²) in [4.78, 5) is 0. The van der Waals surface area contributed by atoms with Gasteiger partial charge in [0.2, 0.25) is 0 Å². The summed E-state index contributed by atoms with van der Waals surface area (Å²) in [6.07, 6.45) is 4.20. The quantitative estimate of drug-likeness (QED) is 0.641. The van der Waals surface area contributed by atoms with Crippen LogP contribution in [0.15, 0.2) is 0 Å². The maximum Gasteiger partial charge on any atom is 0.0771 e. The van der Waals surface area contributed by atoms with Crippen molar-refractivity contribution in [1.82, 2.24) is 5.32 Å². The summed E-state index contributed by atoms with van der Waals surface area (Å²) >= 11 is 0. The molecule has 1 saturated heterocycles. The summed E-state index contributed by atoms with van der Waals surface area (Å²) in [7, 11) is 0. The van der Waals surface area contributed by atoms with Gasteiger partial charge in [-0.05, 0) is 25.7 Å². The molecule has 1 aliphatic heterocycles. The normalized spacial score (nSPS) is 33.2. The molecule has 1 unspecified atom stereocenters. The van der Waals surface area contributed by atoms with Crippen LogP contribution >= 0.6 is 0 Å². The summed E-state index contributed by atoms with van der Waals surface area (Å²) in [5, 5.41) is 13.1. The summed E-state index contributed by atoms with van der Waals surface area (Å²) in [6.45, 7) is 2.44. The zero-order chi connectivity index (χ0) is 8.44. The van der Waals surface area contributed by atoms with Gasteiger partial charge < -0.3 is 15.2 Å². The first kappa shape index (κ1) is 8.48. The molecule has 0 amide bonds. The molecule has 1 heterocycles. The summed E-state index contributed by atoms with van der Waals surface area (Å²) in [6, 6.07) is 0.481. The van der Waals surface area contributed by atoms with Crippen LogP contribution in [0.3, 0.4) is 0 Å². The van der Waals surface area contributed by atoms with E-state index in [4.69, 9.17) is 4.74 Å². The molecule has 0 radical (unpaired) electrons. The Morgan fingerprint density at radius 1 is 1.50 bits per heavy atom. The van der Waals surface area contributed by atoms with Crippen molar-refractivity contribution in [3.05, 3.63) is 0 Å². The Kier molecular flexibility index (Phi) is 2.35. The summed E-state index contributed by atoms with van der Waals surface area (Å²) in [5.41, 5.74) is -0.386. The van der Waals surface area contributed by atoms with Crippen molar-refractivity contribution >= 4 is 0 Å². The molecule has 0 bridgehead atoms. The van der Waals surface area contributed by atoms with E-state index in [-0.39, 0.29) is 5.60 Å². The molecular weight excluding hydrogens is 154 g/mol. The van der Waals surface area contributed by atoms with Gasteiger partial charge >= 0.3 is 0 Å². The van der Waals surface area contributed by atoms with E-state index in [2.05, 4.69) is 5.32 Å². The molecule has 3 nitrogen and oxygen atoms in total. The van der Waals surface area contributed by atoms with Crippen LogP contribution in [-0.4, -0.2) is 36.5 Å². The molecule has 2 rings (SSSR count). The molecule has 70 valence electrons. The lowest BCUT2D eigenvalue weighted by molar-refractivity contribution is -0.0333. The topological polar surface area (TPSA) is 41.5 Å². The second kappa shape index (κ2) is 3.32. The number of nitrogens with one attached hydrogen (secondary N) is 1. The van der Waals surface area contributed by atoms with Gasteiger partial charge in [-0.3, -0.25) is 0 Å². The molecule has 12 heavy (non-hydrogen) atoms. The van der Waals surface area contributed by atoms with Gasteiger partial charge in [0, 0.05) is 19.2 Å². The fourth-order valence-electron chi connectivity index (χ4n) is 1.79. The minimum absolute atomic E-state index is 0.386. The lowest BCUT2D eigenvalue weighted by Crippen LogP contribution is -2.49. The molecular formula is C9H17NO2. The lowest BCUT2D eigenvalue weighted by atomic mass is 9.80. The van der Waals surface area contributed by atoms with Crippen LogP contribution in [0, 0.1) is 0 Å². The average Bonchev–Trinajstić information content (AvgIpc) is 2.49. The smallest absolute Gasteiger partial charge is 0.0771 e. The van der Waals surface area contributed by atoms with Gasteiger partial charge in [0.15, 0.2) is 0 Å². The molecule has 0 spiro atoms. The van der Waals surface area contributed by atoms with E-state index in [1.165, 1.54) is 6.42 Å². The highest BCUT2D eigenvalue weighted by Crippen LogP contribution is 2.30. The first-order valence-electron chi connectivity index (χ1n) is 4.82. The Labute approximate surface area is 73.1 Å². The predicted octanol–water partition coefficient (Wildman–Crippen LogP) is 0.280. The molecule has 1 saturated carbocycles. The third kappa shape index (κ3) is 1.79. The van der Waals surface area contributed by atoms with Crippen molar-refractivity contribution < 1.29 is 9.84 Å². The van der Waals surface area contributed by atoms with E-state index in [1.54, 1.807) is 0 Å². The minimum Gasteiger partial charge on any atom is -0.389 e. The Morgan fingerprint density at radius 3 is 2.83 bits per heavy atom. The van der Waals surface area contributed by atoms with Crippen molar-refractivity contribution in [2.75, 3.05) is 19.8 Å². The van der Waals surface area contributed by atoms with Crippen LogP contribution in [-0.2, 0) is 4.74 Å². The maximum absolute atomic E-state index is 9.77. The Hall–Kier alpha value is -0.120. The van der Waals surface area contributed by atoms with Crippen LogP contribution in [0.4, 0.5) is 0 Å². The molecule has 3 heteroatoms. The highest BCUT2D eigenvalue weighted by Gasteiger charge is 2.34. The van der Waals surface area contributed by atoms with E-state index >= 15 is 0 Å². The van der Waals surface area contributed by atoms with Crippen molar-refractivity contribution in [3.63, 3.8) is 0 Å². The maximum atomic E-state index is 9.77. The van der Waals surface area contributed by atoms with Gasteiger partial charge in [0.1, 0.15) is 0 Å². The molecule has 0 aromatic rings. The number of aliphatic hydroxyl groups is 1. The zero-order valence-electron chi connectivity index (χ0n) is 7.38. The van der Waals surface area contributed by atoms with E-state index in [0.29, 0.717) is 6.04 Å². The number of hydrogen-bond acceptors (Lipinski definition) is 3. The molecule has 2 N–H and O–H groups in total. The standard InChI is InChI=1S/C9H17NO2/c11-9(3-1-4-9)7-10-8-2-5-12-6-8/h8,10-11H,1-7H2. The van der Waals surface area contributed by atoms with Crippen LogP contribution in [0.5, 0.6) is 0 Å². The minimum atomic E-state index is -0.386. The van der Waals surface area contributed by atoms with E-state index < -0.39 is 0 Å². The van der Waals surface area contributed by atoms with Crippen LogP contribution in [0.25, 0.3) is 0 Å². The first-order valence-corrected chi connectivity index (χ1v) is 4.82. The van der Waals surface area contributed by atoms with Gasteiger partial charge in [0.25, 0.3) is 0 Å². The monoisotopic (exact) mass is 171 g/mol. The van der Waals surface area contributed by atoms with Crippen molar-refractivity contribution in [2.45, 2.75) is 37.3 Å². The van der Waals surface area contributed by atoms with Crippen LogP contribution < -0.4 is 5.32 Å². The van der Waals surface area contributed by atoms with Gasteiger partial charge in [-0.25, -0.2) is 0 Å².